The molecule has 3 aliphatic heterocycles. The molecule has 1 unspecified atom stereocenters. The zero-order valence-corrected chi connectivity index (χ0v) is 22.8. The standard InChI is InChI=1S/C26H37N7O8/c1-2-28-23(36)20-18(34)19(35)24(41-20)33-16-31-21-22(33)30-15-32-26(21,27)8-10-38-12-13-39-11-9-29-25(37)40-14-17-6-4-3-5-7-17/h3-7,15,18-20,24,34-35H,2,8-14,16,27H2,1H3,(H,28,36)(H,29,37)/t18-,19+,20-,24+,26?/m0/s1. The van der Waals surface area contributed by atoms with Gasteiger partial charge in [-0.3, -0.25) is 9.79 Å². The van der Waals surface area contributed by atoms with Crippen molar-refractivity contribution in [2.45, 2.75) is 50.2 Å². The molecule has 1 aromatic carbocycles. The van der Waals surface area contributed by atoms with Gasteiger partial charge in [0, 0.05) is 19.5 Å². The summed E-state index contributed by atoms with van der Waals surface area (Å²) in [5, 5.41) is 26.1. The first-order valence-corrected chi connectivity index (χ1v) is 13.5. The van der Waals surface area contributed by atoms with Gasteiger partial charge in [0.15, 0.2) is 23.8 Å². The van der Waals surface area contributed by atoms with Crippen LogP contribution in [0, 0.1) is 0 Å². The van der Waals surface area contributed by atoms with Crippen molar-refractivity contribution in [2.24, 2.45) is 20.7 Å². The number of aliphatic imine (C=N–C) groups is 3. The van der Waals surface area contributed by atoms with Gasteiger partial charge in [0.25, 0.3) is 5.91 Å². The number of amides is 2. The zero-order chi connectivity index (χ0) is 29.2. The number of hydrogen-bond donors (Lipinski definition) is 5. The summed E-state index contributed by atoms with van der Waals surface area (Å²) in [6, 6.07) is 9.40. The SMILES string of the molecule is CCNC(=O)[C@H]1O[C@@H](N2CN=C3C2=NC=NC3(N)CCOCCOCCNC(=O)OCc2ccccc2)[C@H](O)[C@@H]1O. The minimum atomic E-state index is -1.41. The Labute approximate surface area is 237 Å². The number of likely N-dealkylation sites (N-methyl/N-ethyl adjacent to an activating group) is 1. The van der Waals surface area contributed by atoms with Crippen molar-refractivity contribution in [3.8, 4) is 0 Å². The van der Waals surface area contributed by atoms with E-state index in [4.69, 9.17) is 24.7 Å². The van der Waals surface area contributed by atoms with Crippen LogP contribution in [-0.2, 0) is 30.3 Å². The van der Waals surface area contributed by atoms with Crippen LogP contribution < -0.4 is 16.4 Å². The smallest absolute Gasteiger partial charge is 0.407 e. The van der Waals surface area contributed by atoms with E-state index in [1.54, 1.807) is 11.8 Å². The van der Waals surface area contributed by atoms with E-state index in [-0.39, 0.29) is 19.9 Å². The second-order valence-corrected chi connectivity index (χ2v) is 9.53. The van der Waals surface area contributed by atoms with Crippen molar-refractivity contribution in [3.63, 3.8) is 0 Å². The van der Waals surface area contributed by atoms with Crippen LogP contribution in [-0.4, -0.2) is 121 Å². The molecule has 4 rings (SSSR count). The average Bonchev–Trinajstić information content (AvgIpc) is 3.53. The van der Waals surface area contributed by atoms with E-state index in [9.17, 15) is 19.8 Å². The Balaban J connectivity index is 1.12. The summed E-state index contributed by atoms with van der Waals surface area (Å²) in [6.07, 6.45) is -3.94. The summed E-state index contributed by atoms with van der Waals surface area (Å²) in [4.78, 5) is 38.6. The minimum absolute atomic E-state index is 0.0651. The van der Waals surface area contributed by atoms with E-state index < -0.39 is 42.2 Å². The third-order valence-electron chi connectivity index (χ3n) is 6.63. The van der Waals surface area contributed by atoms with Crippen LogP contribution >= 0.6 is 0 Å². The second-order valence-electron chi connectivity index (χ2n) is 9.53. The van der Waals surface area contributed by atoms with Gasteiger partial charge < -0.3 is 50.4 Å². The van der Waals surface area contributed by atoms with E-state index in [2.05, 4.69) is 25.6 Å². The molecule has 3 aliphatic rings. The fourth-order valence-corrected chi connectivity index (χ4v) is 4.48. The molecule has 224 valence electrons. The van der Waals surface area contributed by atoms with Crippen LogP contribution in [0.2, 0.25) is 0 Å². The predicted octanol–water partition coefficient (Wildman–Crippen LogP) is -1.27. The fraction of sp³-hybridized carbons (Fsp3) is 0.577. The third-order valence-corrected chi connectivity index (χ3v) is 6.63. The highest BCUT2D eigenvalue weighted by atomic mass is 16.6. The lowest BCUT2D eigenvalue weighted by atomic mass is 9.99. The molecule has 41 heavy (non-hydrogen) atoms. The van der Waals surface area contributed by atoms with E-state index in [0.29, 0.717) is 50.9 Å². The third kappa shape index (κ3) is 7.63. The average molecular weight is 576 g/mol. The maximum absolute atomic E-state index is 12.2. The maximum Gasteiger partial charge on any atom is 0.407 e. The quantitative estimate of drug-likeness (QED) is 0.166. The van der Waals surface area contributed by atoms with Crippen molar-refractivity contribution in [2.75, 3.05) is 46.2 Å². The molecule has 6 N–H and O–H groups in total. The molecule has 15 heteroatoms. The predicted molar refractivity (Wildman–Crippen MR) is 147 cm³/mol. The molecule has 0 saturated carbocycles. The summed E-state index contributed by atoms with van der Waals surface area (Å²) in [6.45, 7) is 3.84. The van der Waals surface area contributed by atoms with Crippen LogP contribution in [0.3, 0.4) is 0 Å². The Kier molecular flexibility index (Phi) is 10.7. The molecular formula is C26H37N7O8. The van der Waals surface area contributed by atoms with Gasteiger partial charge in [0.05, 0.1) is 26.4 Å². The summed E-state index contributed by atoms with van der Waals surface area (Å²) in [7, 11) is 0. The van der Waals surface area contributed by atoms with E-state index >= 15 is 0 Å². The Bertz CT molecular complexity index is 1130. The molecule has 5 atom stereocenters. The first-order chi connectivity index (χ1) is 19.8. The van der Waals surface area contributed by atoms with Gasteiger partial charge in [-0.1, -0.05) is 30.3 Å². The highest BCUT2D eigenvalue weighted by Gasteiger charge is 2.52. The number of nitrogens with two attached hydrogens (primary N) is 1. The number of ether oxygens (including phenoxy) is 4. The lowest BCUT2D eigenvalue weighted by Gasteiger charge is -2.32. The second kappa shape index (κ2) is 14.4. The van der Waals surface area contributed by atoms with Crippen LogP contribution in [0.15, 0.2) is 45.3 Å². The van der Waals surface area contributed by atoms with Crippen molar-refractivity contribution in [1.82, 2.24) is 15.5 Å². The number of hydrogen-bond acceptors (Lipinski definition) is 13. The van der Waals surface area contributed by atoms with Gasteiger partial charge in [-0.05, 0) is 12.5 Å². The lowest BCUT2D eigenvalue weighted by molar-refractivity contribution is -0.138. The molecule has 1 fully saturated rings. The van der Waals surface area contributed by atoms with Crippen LogP contribution in [0.1, 0.15) is 18.9 Å². The molecule has 0 bridgehead atoms. The Hall–Kier alpha value is -3.47. The number of carbonyl (C=O) groups excluding carboxylic acids is 2. The highest BCUT2D eigenvalue weighted by molar-refractivity contribution is 6.47. The maximum atomic E-state index is 12.2. The highest BCUT2D eigenvalue weighted by Crippen LogP contribution is 2.30. The molecule has 0 aliphatic carbocycles. The van der Waals surface area contributed by atoms with Gasteiger partial charge in [-0.25, -0.2) is 14.8 Å². The molecule has 0 radical (unpaired) electrons. The number of aliphatic hydroxyl groups is 2. The molecule has 3 heterocycles. The Morgan fingerprint density at radius 2 is 1.88 bits per heavy atom. The van der Waals surface area contributed by atoms with E-state index in [0.717, 1.165) is 5.56 Å². The number of amidine groups is 1. The Morgan fingerprint density at radius 3 is 2.63 bits per heavy atom. The van der Waals surface area contributed by atoms with Crippen LogP contribution in [0.5, 0.6) is 0 Å². The van der Waals surface area contributed by atoms with Crippen molar-refractivity contribution >= 4 is 29.9 Å². The Morgan fingerprint density at radius 1 is 1.12 bits per heavy atom. The van der Waals surface area contributed by atoms with Gasteiger partial charge in [0.1, 0.15) is 37.5 Å². The largest absolute Gasteiger partial charge is 0.445 e. The monoisotopic (exact) mass is 575 g/mol. The van der Waals surface area contributed by atoms with Gasteiger partial charge in [-0.15, -0.1) is 0 Å². The number of nitrogens with zero attached hydrogens (tertiary/aromatic N) is 4. The summed E-state index contributed by atoms with van der Waals surface area (Å²) < 4.78 is 22.0. The van der Waals surface area contributed by atoms with E-state index in [1.807, 2.05) is 30.3 Å². The summed E-state index contributed by atoms with van der Waals surface area (Å²) in [5.74, 6) is -0.158. The van der Waals surface area contributed by atoms with Crippen LogP contribution in [0.25, 0.3) is 0 Å². The number of nitrogens with one attached hydrogen (secondary N) is 2. The molecule has 1 saturated heterocycles. The summed E-state index contributed by atoms with van der Waals surface area (Å²) in [5.41, 5.74) is 6.63. The molecule has 0 spiro atoms. The first kappa shape index (κ1) is 30.5. The number of alkyl carbamates (subject to hydrolysis) is 1. The van der Waals surface area contributed by atoms with Gasteiger partial charge >= 0.3 is 6.09 Å². The number of carbonyl (C=O) groups is 2. The molecular weight excluding hydrogens is 538 g/mol. The zero-order valence-electron chi connectivity index (χ0n) is 22.8. The topological polar surface area (TPSA) is 202 Å². The first-order valence-electron chi connectivity index (χ1n) is 13.5. The molecule has 1 aromatic rings. The molecule has 0 aromatic heterocycles. The fourth-order valence-electron chi connectivity index (χ4n) is 4.48. The van der Waals surface area contributed by atoms with Crippen molar-refractivity contribution in [1.29, 1.82) is 0 Å². The number of rotatable bonds is 14. The van der Waals surface area contributed by atoms with Crippen molar-refractivity contribution < 1.29 is 38.7 Å². The van der Waals surface area contributed by atoms with E-state index in [1.165, 1.54) is 6.34 Å². The van der Waals surface area contributed by atoms with Crippen molar-refractivity contribution in [3.05, 3.63) is 35.9 Å². The van der Waals surface area contributed by atoms with Gasteiger partial charge in [-0.2, -0.15) is 0 Å². The molecule has 15 nitrogen and oxygen atoms in total. The lowest BCUT2D eigenvalue weighted by Crippen LogP contribution is -2.56. The minimum Gasteiger partial charge on any atom is -0.445 e. The number of aliphatic hydroxyl groups excluding tert-OH is 2. The molecule has 2 amide bonds. The number of benzene rings is 1. The van der Waals surface area contributed by atoms with Gasteiger partial charge in [0.2, 0.25) is 0 Å². The van der Waals surface area contributed by atoms with Crippen LogP contribution in [0.4, 0.5) is 4.79 Å². The number of fused-ring (bicyclic) bond motifs is 1. The summed E-state index contributed by atoms with van der Waals surface area (Å²) >= 11 is 0. The normalized spacial score (nSPS) is 26.8.